The number of rotatable bonds is 3. The third-order valence-electron chi connectivity index (χ3n) is 4.49. The molecule has 2 fully saturated rings. The van der Waals surface area contributed by atoms with Crippen LogP contribution in [0, 0.1) is 11.3 Å². The first-order valence-electron chi connectivity index (χ1n) is 5.90. The molecule has 2 unspecified atom stereocenters. The molecular weight excluding hydrogens is 158 g/mol. The van der Waals surface area contributed by atoms with Crippen LogP contribution in [-0.2, 0) is 0 Å². The van der Waals surface area contributed by atoms with E-state index in [-0.39, 0.29) is 0 Å². The highest BCUT2D eigenvalue weighted by Crippen LogP contribution is 2.50. The molecule has 0 N–H and O–H groups in total. The highest BCUT2D eigenvalue weighted by molar-refractivity contribution is 4.99. The molecule has 1 aliphatic heterocycles. The molecule has 1 nitrogen and oxygen atoms in total. The fraction of sp³-hybridized carbons (Fsp3) is 1.00. The predicted octanol–water partition coefficient (Wildman–Crippen LogP) is 2.91. The van der Waals surface area contributed by atoms with Gasteiger partial charge < -0.3 is 0 Å². The summed E-state index contributed by atoms with van der Waals surface area (Å²) >= 11 is 0. The Labute approximate surface area is 82.5 Å². The summed E-state index contributed by atoms with van der Waals surface area (Å²) in [5.74, 6) is 0.991. The number of likely N-dealkylation sites (tertiary alicyclic amines) is 1. The van der Waals surface area contributed by atoms with Crippen LogP contribution < -0.4 is 0 Å². The summed E-state index contributed by atoms with van der Waals surface area (Å²) in [4.78, 5) is 2.72. The van der Waals surface area contributed by atoms with Crippen molar-refractivity contribution >= 4 is 0 Å². The van der Waals surface area contributed by atoms with E-state index in [1.807, 2.05) is 0 Å². The van der Waals surface area contributed by atoms with E-state index in [1.165, 1.54) is 38.8 Å². The van der Waals surface area contributed by atoms with Gasteiger partial charge in [-0.25, -0.2) is 0 Å². The lowest BCUT2D eigenvalue weighted by atomic mass is 9.99. The topological polar surface area (TPSA) is 3.24 Å². The van der Waals surface area contributed by atoms with Crippen LogP contribution in [0.2, 0.25) is 0 Å². The Morgan fingerprint density at radius 1 is 1.46 bits per heavy atom. The molecule has 0 aromatic rings. The Bertz CT molecular complexity index is 184. The van der Waals surface area contributed by atoms with Gasteiger partial charge in [0.1, 0.15) is 0 Å². The Morgan fingerprint density at radius 2 is 2.15 bits per heavy atom. The van der Waals surface area contributed by atoms with Crippen LogP contribution in [-0.4, -0.2) is 24.0 Å². The first kappa shape index (κ1) is 9.51. The van der Waals surface area contributed by atoms with Crippen molar-refractivity contribution in [2.45, 2.75) is 52.5 Å². The molecule has 0 bridgehead atoms. The number of hydrogen-bond donors (Lipinski definition) is 0. The van der Waals surface area contributed by atoms with Crippen molar-refractivity contribution in [1.82, 2.24) is 4.90 Å². The summed E-state index contributed by atoms with van der Waals surface area (Å²) < 4.78 is 0. The summed E-state index contributed by atoms with van der Waals surface area (Å²) in [6.07, 6.45) is 5.74. The van der Waals surface area contributed by atoms with E-state index in [4.69, 9.17) is 0 Å². The van der Waals surface area contributed by atoms with E-state index < -0.39 is 0 Å². The summed E-state index contributed by atoms with van der Waals surface area (Å²) in [7, 11) is 0. The Kier molecular flexibility index (Phi) is 2.39. The first-order chi connectivity index (χ1) is 6.15. The molecule has 0 aromatic heterocycles. The minimum absolute atomic E-state index is 0.683. The summed E-state index contributed by atoms with van der Waals surface area (Å²) in [5.41, 5.74) is 0.683. The molecule has 0 spiro atoms. The Morgan fingerprint density at radius 3 is 2.62 bits per heavy atom. The first-order valence-corrected chi connectivity index (χ1v) is 5.90. The molecule has 0 amide bonds. The van der Waals surface area contributed by atoms with E-state index in [1.54, 1.807) is 0 Å². The van der Waals surface area contributed by atoms with Crippen molar-refractivity contribution in [3.8, 4) is 0 Å². The molecule has 1 saturated carbocycles. The number of nitrogens with zero attached hydrogens (tertiary/aromatic N) is 1. The average Bonchev–Trinajstić information content (AvgIpc) is 2.71. The van der Waals surface area contributed by atoms with Crippen molar-refractivity contribution in [3.05, 3.63) is 0 Å². The van der Waals surface area contributed by atoms with Crippen LogP contribution >= 0.6 is 0 Å². The van der Waals surface area contributed by atoms with Crippen LogP contribution in [0.3, 0.4) is 0 Å². The van der Waals surface area contributed by atoms with Crippen molar-refractivity contribution in [3.63, 3.8) is 0 Å². The SMILES string of the molecule is CCC1CCN(C(C)C2(C)CC2)C1. The molecule has 0 aromatic carbocycles. The van der Waals surface area contributed by atoms with Gasteiger partial charge in [0.25, 0.3) is 0 Å². The predicted molar refractivity (Wildman–Crippen MR) is 56.8 cm³/mol. The third-order valence-corrected chi connectivity index (χ3v) is 4.49. The molecule has 1 heteroatoms. The molecule has 13 heavy (non-hydrogen) atoms. The summed E-state index contributed by atoms with van der Waals surface area (Å²) in [5, 5.41) is 0. The normalized spacial score (nSPS) is 34.8. The minimum Gasteiger partial charge on any atom is -0.300 e. The van der Waals surface area contributed by atoms with Gasteiger partial charge in [0.15, 0.2) is 0 Å². The van der Waals surface area contributed by atoms with Gasteiger partial charge in [-0.05, 0) is 44.1 Å². The third kappa shape index (κ3) is 1.76. The number of hydrogen-bond acceptors (Lipinski definition) is 1. The summed E-state index contributed by atoms with van der Waals surface area (Å²) in [6.45, 7) is 9.95. The maximum absolute atomic E-state index is 2.72. The second-order valence-corrected chi connectivity index (χ2v) is 5.39. The van der Waals surface area contributed by atoms with Crippen LogP contribution in [0.4, 0.5) is 0 Å². The van der Waals surface area contributed by atoms with Crippen LogP contribution in [0.15, 0.2) is 0 Å². The van der Waals surface area contributed by atoms with Gasteiger partial charge in [-0.1, -0.05) is 20.3 Å². The monoisotopic (exact) mass is 181 g/mol. The fourth-order valence-corrected chi connectivity index (χ4v) is 2.60. The smallest absolute Gasteiger partial charge is 0.0121 e. The second-order valence-electron chi connectivity index (χ2n) is 5.39. The quantitative estimate of drug-likeness (QED) is 0.647. The molecular formula is C12H23N. The van der Waals surface area contributed by atoms with Crippen LogP contribution in [0.5, 0.6) is 0 Å². The molecule has 2 aliphatic rings. The molecule has 2 rings (SSSR count). The highest BCUT2D eigenvalue weighted by Gasteiger charge is 2.45. The minimum atomic E-state index is 0.683. The highest BCUT2D eigenvalue weighted by atomic mass is 15.2. The second kappa shape index (κ2) is 3.27. The van der Waals surface area contributed by atoms with Crippen LogP contribution in [0.25, 0.3) is 0 Å². The maximum atomic E-state index is 2.72. The van der Waals surface area contributed by atoms with Gasteiger partial charge in [0.2, 0.25) is 0 Å². The van der Waals surface area contributed by atoms with E-state index in [0.29, 0.717) is 5.41 Å². The van der Waals surface area contributed by atoms with Gasteiger partial charge >= 0.3 is 0 Å². The lowest BCUT2D eigenvalue weighted by Gasteiger charge is -2.29. The van der Waals surface area contributed by atoms with Crippen LogP contribution in [0.1, 0.15) is 46.5 Å². The molecule has 1 heterocycles. The van der Waals surface area contributed by atoms with E-state index in [2.05, 4.69) is 25.7 Å². The van der Waals surface area contributed by atoms with E-state index in [0.717, 1.165) is 12.0 Å². The zero-order valence-corrected chi connectivity index (χ0v) is 9.34. The van der Waals surface area contributed by atoms with Gasteiger partial charge in [-0.3, -0.25) is 4.90 Å². The largest absolute Gasteiger partial charge is 0.300 e. The lowest BCUT2D eigenvalue weighted by Crippen LogP contribution is -2.36. The zero-order chi connectivity index (χ0) is 9.47. The molecule has 1 aliphatic carbocycles. The maximum Gasteiger partial charge on any atom is 0.0121 e. The Hall–Kier alpha value is -0.0400. The lowest BCUT2D eigenvalue weighted by molar-refractivity contribution is 0.178. The van der Waals surface area contributed by atoms with E-state index >= 15 is 0 Å². The molecule has 2 atom stereocenters. The zero-order valence-electron chi connectivity index (χ0n) is 9.34. The van der Waals surface area contributed by atoms with Gasteiger partial charge in [-0.15, -0.1) is 0 Å². The fourth-order valence-electron chi connectivity index (χ4n) is 2.60. The average molecular weight is 181 g/mol. The molecule has 0 radical (unpaired) electrons. The standard InChI is InChI=1S/C12H23N/c1-4-11-5-8-13(9-11)10(2)12(3)6-7-12/h10-11H,4-9H2,1-3H3. The van der Waals surface area contributed by atoms with Crippen molar-refractivity contribution in [1.29, 1.82) is 0 Å². The van der Waals surface area contributed by atoms with Gasteiger partial charge in [-0.2, -0.15) is 0 Å². The molecule has 1 saturated heterocycles. The Balaban J connectivity index is 1.88. The van der Waals surface area contributed by atoms with E-state index in [9.17, 15) is 0 Å². The van der Waals surface area contributed by atoms with Crippen molar-refractivity contribution in [2.75, 3.05) is 13.1 Å². The summed E-state index contributed by atoms with van der Waals surface area (Å²) in [6, 6.07) is 0.837. The van der Waals surface area contributed by atoms with Crippen molar-refractivity contribution < 1.29 is 0 Å². The van der Waals surface area contributed by atoms with Gasteiger partial charge in [0, 0.05) is 12.6 Å². The molecule has 76 valence electrons. The van der Waals surface area contributed by atoms with Crippen molar-refractivity contribution in [2.24, 2.45) is 11.3 Å². The van der Waals surface area contributed by atoms with Gasteiger partial charge in [0.05, 0.1) is 0 Å².